The Bertz CT molecular complexity index is 709. The van der Waals surface area contributed by atoms with Crippen LogP contribution in [0.4, 0.5) is 5.69 Å². The van der Waals surface area contributed by atoms with Gasteiger partial charge in [-0.25, -0.2) is 0 Å². The van der Waals surface area contributed by atoms with Gasteiger partial charge in [-0.2, -0.15) is 0 Å². The molecule has 1 amide bonds. The number of carboxylic acid groups (broad SMARTS) is 1. The largest absolute Gasteiger partial charge is 0.490 e. The zero-order chi connectivity index (χ0) is 20.1. The molecular weight excluding hydrogens is 398 g/mol. The number of rotatable bonds is 6. The summed E-state index contributed by atoms with van der Waals surface area (Å²) < 4.78 is 11.3. The monoisotopic (exact) mass is 427 g/mol. The van der Waals surface area contributed by atoms with Crippen LogP contribution in [0.5, 0.6) is 11.5 Å². The number of carbonyl (C=O) groups excluding carboxylic acids is 1. The molecule has 1 aromatic rings. The van der Waals surface area contributed by atoms with Crippen LogP contribution in [0, 0.1) is 0 Å². The SMILES string of the molecule is CC(C(=O)Nc1ccc2c(c1)OCCCO2)N1CCC(N(C)CC(=O)O)CC1.Cl. The number of carbonyl (C=O) groups is 2. The third-order valence-electron chi connectivity index (χ3n) is 5.45. The number of fused-ring (bicyclic) bond motifs is 1. The van der Waals surface area contributed by atoms with Crippen molar-refractivity contribution in [3.05, 3.63) is 18.2 Å². The minimum Gasteiger partial charge on any atom is -0.490 e. The maximum Gasteiger partial charge on any atom is 0.317 e. The van der Waals surface area contributed by atoms with Gasteiger partial charge in [0.25, 0.3) is 0 Å². The zero-order valence-electron chi connectivity index (χ0n) is 16.9. The summed E-state index contributed by atoms with van der Waals surface area (Å²) in [7, 11) is 1.84. The molecule has 162 valence electrons. The van der Waals surface area contributed by atoms with Crippen molar-refractivity contribution in [1.82, 2.24) is 9.80 Å². The second-order valence-electron chi connectivity index (χ2n) is 7.45. The van der Waals surface area contributed by atoms with Crippen LogP contribution in [-0.2, 0) is 9.59 Å². The summed E-state index contributed by atoms with van der Waals surface area (Å²) in [5, 5.41) is 11.9. The van der Waals surface area contributed by atoms with Gasteiger partial charge in [-0.05, 0) is 38.9 Å². The minimum atomic E-state index is -0.812. The maximum absolute atomic E-state index is 12.7. The molecule has 3 rings (SSSR count). The van der Waals surface area contributed by atoms with Crippen LogP contribution >= 0.6 is 12.4 Å². The Hall–Kier alpha value is -2.03. The summed E-state index contributed by atoms with van der Waals surface area (Å²) in [6, 6.07) is 5.43. The molecule has 9 heteroatoms. The molecule has 0 saturated carbocycles. The van der Waals surface area contributed by atoms with Crippen LogP contribution in [0.15, 0.2) is 18.2 Å². The van der Waals surface area contributed by atoms with Crippen LogP contribution in [0.2, 0.25) is 0 Å². The third-order valence-corrected chi connectivity index (χ3v) is 5.45. The fourth-order valence-electron chi connectivity index (χ4n) is 3.71. The first-order valence-corrected chi connectivity index (χ1v) is 9.80. The molecule has 1 saturated heterocycles. The fourth-order valence-corrected chi connectivity index (χ4v) is 3.71. The Labute approximate surface area is 177 Å². The lowest BCUT2D eigenvalue weighted by Crippen LogP contribution is -2.50. The minimum absolute atomic E-state index is 0. The van der Waals surface area contributed by atoms with Gasteiger partial charge in [0.1, 0.15) is 0 Å². The molecule has 8 nitrogen and oxygen atoms in total. The summed E-state index contributed by atoms with van der Waals surface area (Å²) >= 11 is 0. The first-order chi connectivity index (χ1) is 13.4. The highest BCUT2D eigenvalue weighted by atomic mass is 35.5. The zero-order valence-corrected chi connectivity index (χ0v) is 17.7. The van der Waals surface area contributed by atoms with Gasteiger partial charge in [-0.15, -0.1) is 12.4 Å². The summed E-state index contributed by atoms with van der Waals surface area (Å²) in [6.45, 7) is 4.72. The molecule has 1 fully saturated rings. The molecule has 0 aromatic heterocycles. The Kier molecular flexibility index (Phi) is 8.55. The molecule has 0 spiro atoms. The van der Waals surface area contributed by atoms with E-state index in [0.29, 0.717) is 30.4 Å². The summed E-state index contributed by atoms with van der Waals surface area (Å²) in [6.07, 6.45) is 2.54. The number of likely N-dealkylation sites (tertiary alicyclic amines) is 1. The molecule has 2 aliphatic heterocycles. The second kappa shape index (κ2) is 10.7. The number of aliphatic carboxylic acids is 1. The molecule has 1 aromatic carbocycles. The van der Waals surface area contributed by atoms with Crippen molar-refractivity contribution in [2.75, 3.05) is 45.2 Å². The maximum atomic E-state index is 12.7. The van der Waals surface area contributed by atoms with E-state index in [2.05, 4.69) is 10.2 Å². The topological polar surface area (TPSA) is 91.3 Å². The Morgan fingerprint density at radius 2 is 1.90 bits per heavy atom. The number of nitrogens with one attached hydrogen (secondary N) is 1. The number of likely N-dealkylation sites (N-methyl/N-ethyl adjacent to an activating group) is 1. The molecular formula is C20H30ClN3O5. The summed E-state index contributed by atoms with van der Waals surface area (Å²) in [5.41, 5.74) is 0.692. The van der Waals surface area contributed by atoms with Gasteiger partial charge in [0.2, 0.25) is 5.91 Å². The number of hydrogen-bond donors (Lipinski definition) is 2. The van der Waals surface area contributed by atoms with Crippen molar-refractivity contribution < 1.29 is 24.2 Å². The Balaban J connectivity index is 0.00000300. The number of halogens is 1. The van der Waals surface area contributed by atoms with E-state index in [0.717, 1.165) is 32.4 Å². The van der Waals surface area contributed by atoms with E-state index < -0.39 is 5.97 Å². The number of amides is 1. The summed E-state index contributed by atoms with van der Waals surface area (Å²) in [4.78, 5) is 27.6. The Morgan fingerprint density at radius 1 is 1.24 bits per heavy atom. The van der Waals surface area contributed by atoms with Crippen molar-refractivity contribution >= 4 is 30.0 Å². The molecule has 2 aliphatic rings. The predicted octanol–water partition coefficient (Wildman–Crippen LogP) is 2.08. The lowest BCUT2D eigenvalue weighted by atomic mass is 10.0. The number of ether oxygens (including phenoxy) is 2. The third kappa shape index (κ3) is 6.22. The van der Waals surface area contributed by atoms with Crippen LogP contribution in [0.3, 0.4) is 0 Å². The highest BCUT2D eigenvalue weighted by Crippen LogP contribution is 2.32. The van der Waals surface area contributed by atoms with Gasteiger partial charge in [0.05, 0.1) is 25.8 Å². The smallest absolute Gasteiger partial charge is 0.317 e. The van der Waals surface area contributed by atoms with Gasteiger partial charge in [-0.3, -0.25) is 19.4 Å². The standard InChI is InChI=1S/C20H29N3O5.ClH/c1-14(23-8-6-16(7-9-23)22(2)13-19(24)25)20(26)21-15-4-5-17-18(12-15)28-11-3-10-27-17;/h4-5,12,14,16H,3,6-11,13H2,1-2H3,(H,21,26)(H,24,25);1H. The molecule has 2 heterocycles. The van der Waals surface area contributed by atoms with Gasteiger partial charge < -0.3 is 19.9 Å². The van der Waals surface area contributed by atoms with Crippen LogP contribution in [-0.4, -0.2) is 78.8 Å². The van der Waals surface area contributed by atoms with E-state index in [1.807, 2.05) is 31.0 Å². The molecule has 1 atom stereocenters. The van der Waals surface area contributed by atoms with Gasteiger partial charge in [0.15, 0.2) is 11.5 Å². The number of carboxylic acids is 1. The average Bonchev–Trinajstić information content (AvgIpc) is 2.92. The van der Waals surface area contributed by atoms with Crippen molar-refractivity contribution in [2.45, 2.75) is 38.3 Å². The van der Waals surface area contributed by atoms with Crippen LogP contribution in [0.1, 0.15) is 26.2 Å². The van der Waals surface area contributed by atoms with E-state index in [9.17, 15) is 9.59 Å². The average molecular weight is 428 g/mol. The highest BCUT2D eigenvalue weighted by Gasteiger charge is 2.29. The summed E-state index contributed by atoms with van der Waals surface area (Å²) in [5.74, 6) is 0.487. The highest BCUT2D eigenvalue weighted by molar-refractivity contribution is 5.94. The van der Waals surface area contributed by atoms with Crippen molar-refractivity contribution in [2.24, 2.45) is 0 Å². The van der Waals surface area contributed by atoms with E-state index >= 15 is 0 Å². The predicted molar refractivity (Wildman–Crippen MR) is 112 cm³/mol. The van der Waals surface area contributed by atoms with Gasteiger partial charge >= 0.3 is 5.97 Å². The molecule has 29 heavy (non-hydrogen) atoms. The van der Waals surface area contributed by atoms with E-state index in [1.54, 1.807) is 6.07 Å². The van der Waals surface area contributed by atoms with Crippen molar-refractivity contribution in [1.29, 1.82) is 0 Å². The normalized spacial score (nSPS) is 18.4. The van der Waals surface area contributed by atoms with Crippen LogP contribution in [0.25, 0.3) is 0 Å². The number of nitrogens with zero attached hydrogens (tertiary/aromatic N) is 2. The van der Waals surface area contributed by atoms with E-state index in [4.69, 9.17) is 14.6 Å². The van der Waals surface area contributed by atoms with Gasteiger partial charge in [0, 0.05) is 37.3 Å². The van der Waals surface area contributed by atoms with Crippen molar-refractivity contribution in [3.8, 4) is 11.5 Å². The number of anilines is 1. The van der Waals surface area contributed by atoms with E-state index in [1.165, 1.54) is 0 Å². The van der Waals surface area contributed by atoms with Crippen LogP contribution < -0.4 is 14.8 Å². The number of piperidine rings is 1. The number of hydrogen-bond acceptors (Lipinski definition) is 6. The first-order valence-electron chi connectivity index (χ1n) is 9.80. The number of benzene rings is 1. The first kappa shape index (κ1) is 23.3. The Morgan fingerprint density at radius 3 is 2.55 bits per heavy atom. The lowest BCUT2D eigenvalue weighted by molar-refractivity contribution is -0.138. The van der Waals surface area contributed by atoms with E-state index in [-0.39, 0.29) is 36.9 Å². The quantitative estimate of drug-likeness (QED) is 0.718. The molecule has 0 radical (unpaired) electrons. The molecule has 0 aliphatic carbocycles. The van der Waals surface area contributed by atoms with Gasteiger partial charge in [-0.1, -0.05) is 0 Å². The lowest BCUT2D eigenvalue weighted by Gasteiger charge is -2.38. The van der Waals surface area contributed by atoms with Crippen molar-refractivity contribution in [3.63, 3.8) is 0 Å². The molecule has 0 bridgehead atoms. The molecule has 1 unspecified atom stereocenters. The fraction of sp³-hybridized carbons (Fsp3) is 0.600. The second-order valence-corrected chi connectivity index (χ2v) is 7.45. The molecule has 2 N–H and O–H groups in total.